The van der Waals surface area contributed by atoms with E-state index in [0.29, 0.717) is 47.2 Å². The van der Waals surface area contributed by atoms with Crippen LogP contribution in [0, 0.1) is 0 Å². The summed E-state index contributed by atoms with van der Waals surface area (Å²) in [5.41, 5.74) is 1.39. The molecule has 0 atom stereocenters. The number of rotatable bonds is 11. The fourth-order valence-corrected chi connectivity index (χ4v) is 4.37. The molecule has 1 N–H and O–H groups in total. The third-order valence-corrected chi connectivity index (χ3v) is 5.98. The molecule has 0 bridgehead atoms. The molecular weight excluding hydrogens is 482 g/mol. The number of aromatic carboxylic acids is 1. The van der Waals surface area contributed by atoms with Gasteiger partial charge in [0, 0.05) is 20.3 Å². The van der Waals surface area contributed by atoms with Crippen LogP contribution in [0.25, 0.3) is 6.08 Å². The molecule has 0 radical (unpaired) electrons. The zero-order valence-corrected chi connectivity index (χ0v) is 20.3. The van der Waals surface area contributed by atoms with E-state index in [1.54, 1.807) is 37.5 Å². The third kappa shape index (κ3) is 6.31. The Morgan fingerprint density at radius 3 is 2.71 bits per heavy atom. The van der Waals surface area contributed by atoms with Crippen LogP contribution >= 0.6 is 23.4 Å². The molecule has 1 aliphatic heterocycles. The Balaban J connectivity index is 1.81. The maximum Gasteiger partial charge on any atom is 0.335 e. The second-order valence-electron chi connectivity index (χ2n) is 7.24. The minimum atomic E-state index is -1.03. The van der Waals surface area contributed by atoms with Crippen molar-refractivity contribution in [1.82, 2.24) is 4.90 Å². The Morgan fingerprint density at radius 2 is 2.00 bits per heavy atom. The molecule has 2 amide bonds. The van der Waals surface area contributed by atoms with Gasteiger partial charge in [-0.05, 0) is 66.6 Å². The molecule has 2 aromatic carbocycles. The number of carbonyl (C=O) groups is 3. The SMILES string of the molecule is CCOc1cc(/C=C2/SC(=O)N(CCCOC)C2=O)cc(Cl)c1OCc1cccc(C(=O)O)c1. The highest BCUT2D eigenvalue weighted by Gasteiger charge is 2.34. The number of amides is 2. The number of carboxylic acids is 1. The predicted molar refractivity (Wildman–Crippen MR) is 130 cm³/mol. The Hall–Kier alpha value is -3.01. The number of benzene rings is 2. The van der Waals surface area contributed by atoms with Crippen molar-refractivity contribution in [3.05, 3.63) is 63.0 Å². The summed E-state index contributed by atoms with van der Waals surface area (Å²) in [5.74, 6) is -0.717. The number of ether oxygens (including phenoxy) is 3. The summed E-state index contributed by atoms with van der Waals surface area (Å²) < 4.78 is 16.5. The van der Waals surface area contributed by atoms with E-state index >= 15 is 0 Å². The van der Waals surface area contributed by atoms with Gasteiger partial charge in [-0.15, -0.1) is 0 Å². The summed E-state index contributed by atoms with van der Waals surface area (Å²) in [6.07, 6.45) is 2.15. The monoisotopic (exact) mass is 505 g/mol. The maximum absolute atomic E-state index is 12.7. The highest BCUT2D eigenvalue weighted by Crippen LogP contribution is 2.39. The maximum atomic E-state index is 12.7. The number of nitrogens with zero attached hydrogens (tertiary/aromatic N) is 1. The molecule has 0 unspecified atom stereocenters. The fourth-order valence-electron chi connectivity index (χ4n) is 3.24. The van der Waals surface area contributed by atoms with Crippen LogP contribution in [0.15, 0.2) is 41.3 Å². The number of imide groups is 1. The zero-order valence-electron chi connectivity index (χ0n) is 18.7. The topological polar surface area (TPSA) is 102 Å². The van der Waals surface area contributed by atoms with Crippen LogP contribution in [0.2, 0.25) is 5.02 Å². The van der Waals surface area contributed by atoms with Gasteiger partial charge in [0.2, 0.25) is 0 Å². The molecule has 0 spiro atoms. The second-order valence-corrected chi connectivity index (χ2v) is 8.64. The third-order valence-electron chi connectivity index (χ3n) is 4.79. The Kier molecular flexibility index (Phi) is 8.98. The van der Waals surface area contributed by atoms with Gasteiger partial charge >= 0.3 is 5.97 Å². The van der Waals surface area contributed by atoms with Gasteiger partial charge in [0.1, 0.15) is 6.61 Å². The first kappa shape index (κ1) is 25.6. The minimum Gasteiger partial charge on any atom is -0.490 e. The zero-order chi connectivity index (χ0) is 24.7. The second kappa shape index (κ2) is 11.9. The highest BCUT2D eigenvalue weighted by atomic mass is 35.5. The quantitative estimate of drug-likeness (QED) is 0.333. The number of hydrogen-bond donors (Lipinski definition) is 1. The molecule has 0 saturated carbocycles. The van der Waals surface area contributed by atoms with Crippen LogP contribution < -0.4 is 9.47 Å². The average Bonchev–Trinajstić information content (AvgIpc) is 3.06. The lowest BCUT2D eigenvalue weighted by Crippen LogP contribution is -2.29. The summed E-state index contributed by atoms with van der Waals surface area (Å²) >= 11 is 7.34. The number of thioether (sulfide) groups is 1. The van der Waals surface area contributed by atoms with Crippen molar-refractivity contribution in [3.63, 3.8) is 0 Å². The molecular formula is C24H24ClNO7S. The summed E-state index contributed by atoms with van der Waals surface area (Å²) in [6, 6.07) is 9.70. The molecule has 0 aliphatic carbocycles. The number of methoxy groups -OCH3 is 1. The van der Waals surface area contributed by atoms with Crippen LogP contribution in [0.3, 0.4) is 0 Å². The normalized spacial score (nSPS) is 14.7. The number of carbonyl (C=O) groups excluding carboxylic acids is 2. The van der Waals surface area contributed by atoms with Gasteiger partial charge in [0.25, 0.3) is 11.1 Å². The van der Waals surface area contributed by atoms with E-state index in [4.69, 9.17) is 30.9 Å². The van der Waals surface area contributed by atoms with Gasteiger partial charge in [0.05, 0.1) is 22.1 Å². The van der Waals surface area contributed by atoms with E-state index in [-0.39, 0.29) is 34.9 Å². The molecule has 1 fully saturated rings. The lowest BCUT2D eigenvalue weighted by Gasteiger charge is -2.15. The molecule has 2 aromatic rings. The lowest BCUT2D eigenvalue weighted by molar-refractivity contribution is -0.122. The molecule has 34 heavy (non-hydrogen) atoms. The standard InChI is InChI=1S/C24H24ClNO7S/c1-3-32-19-12-16(13-20-22(27)26(24(30)34-20)8-5-9-31-2)11-18(25)21(19)33-14-15-6-4-7-17(10-15)23(28)29/h4,6-7,10-13H,3,5,8-9,14H2,1-2H3,(H,28,29)/b20-13+. The van der Waals surface area contributed by atoms with E-state index in [2.05, 4.69) is 0 Å². The molecule has 0 aromatic heterocycles. The molecule has 1 heterocycles. The van der Waals surface area contributed by atoms with Crippen molar-refractivity contribution >= 4 is 46.6 Å². The van der Waals surface area contributed by atoms with Crippen molar-refractivity contribution in [2.75, 3.05) is 26.9 Å². The first-order valence-corrected chi connectivity index (χ1v) is 11.7. The van der Waals surface area contributed by atoms with E-state index in [1.807, 2.05) is 6.92 Å². The van der Waals surface area contributed by atoms with E-state index in [9.17, 15) is 14.4 Å². The summed E-state index contributed by atoms with van der Waals surface area (Å²) in [6.45, 7) is 2.99. The van der Waals surface area contributed by atoms with Crippen LogP contribution in [0.4, 0.5) is 4.79 Å². The van der Waals surface area contributed by atoms with Crippen molar-refractivity contribution in [2.45, 2.75) is 20.0 Å². The average molecular weight is 506 g/mol. The predicted octanol–water partition coefficient (Wildman–Crippen LogP) is 5.09. The molecule has 1 aliphatic rings. The molecule has 3 rings (SSSR count). The Labute approximate surface area is 206 Å². The highest BCUT2D eigenvalue weighted by molar-refractivity contribution is 8.18. The summed E-state index contributed by atoms with van der Waals surface area (Å²) in [4.78, 5) is 37.6. The Morgan fingerprint density at radius 1 is 1.21 bits per heavy atom. The number of hydrogen-bond acceptors (Lipinski definition) is 7. The molecule has 180 valence electrons. The van der Waals surface area contributed by atoms with E-state index < -0.39 is 5.97 Å². The van der Waals surface area contributed by atoms with Gasteiger partial charge in [-0.1, -0.05) is 23.7 Å². The molecule has 10 heteroatoms. The largest absolute Gasteiger partial charge is 0.490 e. The van der Waals surface area contributed by atoms with Gasteiger partial charge in [-0.2, -0.15) is 0 Å². The van der Waals surface area contributed by atoms with Crippen molar-refractivity contribution < 1.29 is 33.7 Å². The number of carboxylic acid groups (broad SMARTS) is 1. The van der Waals surface area contributed by atoms with E-state index in [1.165, 1.54) is 17.0 Å². The first-order valence-electron chi connectivity index (χ1n) is 10.5. The fraction of sp³-hybridized carbons (Fsp3) is 0.292. The van der Waals surface area contributed by atoms with E-state index in [0.717, 1.165) is 11.8 Å². The first-order chi connectivity index (χ1) is 16.3. The summed E-state index contributed by atoms with van der Waals surface area (Å²) in [5, 5.41) is 9.09. The van der Waals surface area contributed by atoms with Crippen molar-refractivity contribution in [2.24, 2.45) is 0 Å². The molecule has 8 nitrogen and oxygen atoms in total. The lowest BCUT2D eigenvalue weighted by atomic mass is 10.1. The van der Waals surface area contributed by atoms with Gasteiger partial charge < -0.3 is 19.3 Å². The van der Waals surface area contributed by atoms with Gasteiger partial charge in [-0.3, -0.25) is 14.5 Å². The van der Waals surface area contributed by atoms with Crippen LogP contribution in [0.5, 0.6) is 11.5 Å². The molecule has 1 saturated heterocycles. The summed E-state index contributed by atoms with van der Waals surface area (Å²) in [7, 11) is 1.56. The van der Waals surface area contributed by atoms with Crippen LogP contribution in [-0.4, -0.2) is 54.0 Å². The van der Waals surface area contributed by atoms with Crippen LogP contribution in [-0.2, 0) is 16.1 Å². The number of halogens is 1. The van der Waals surface area contributed by atoms with Crippen LogP contribution in [0.1, 0.15) is 34.8 Å². The minimum absolute atomic E-state index is 0.0840. The smallest absolute Gasteiger partial charge is 0.335 e. The van der Waals surface area contributed by atoms with Gasteiger partial charge in [0.15, 0.2) is 11.5 Å². The van der Waals surface area contributed by atoms with Crippen molar-refractivity contribution in [3.8, 4) is 11.5 Å². The Bertz CT molecular complexity index is 1120. The van der Waals surface area contributed by atoms with Gasteiger partial charge in [-0.25, -0.2) is 4.79 Å². The van der Waals surface area contributed by atoms with Crippen molar-refractivity contribution in [1.29, 1.82) is 0 Å².